The van der Waals surface area contributed by atoms with Gasteiger partial charge < -0.3 is 10.3 Å². The van der Waals surface area contributed by atoms with Crippen molar-refractivity contribution in [3.63, 3.8) is 0 Å². The van der Waals surface area contributed by atoms with Crippen LogP contribution >= 0.6 is 43.6 Å². The van der Waals surface area contributed by atoms with Crippen molar-refractivity contribution in [1.29, 1.82) is 0 Å². The van der Waals surface area contributed by atoms with Crippen molar-refractivity contribution in [2.24, 2.45) is 0 Å². The summed E-state index contributed by atoms with van der Waals surface area (Å²) < 4.78 is 14.6. The van der Waals surface area contributed by atoms with Crippen LogP contribution in [0.25, 0.3) is 11.3 Å². The lowest BCUT2D eigenvalue weighted by atomic mass is 10.2. The highest BCUT2D eigenvalue weighted by Gasteiger charge is 2.12. The normalized spacial score (nSPS) is 10.8. The molecule has 0 fully saturated rings. The Morgan fingerprint density at radius 3 is 2.54 bits per heavy atom. The quantitative estimate of drug-likeness (QED) is 0.438. The van der Waals surface area contributed by atoms with E-state index in [1.165, 1.54) is 23.9 Å². The predicted octanol–water partition coefficient (Wildman–Crippen LogP) is 5.78. The topological polar surface area (TPSA) is 57.8 Å². The smallest absolute Gasteiger partial charge is 0.234 e. The van der Waals surface area contributed by atoms with E-state index in [0.717, 1.165) is 25.8 Å². The van der Waals surface area contributed by atoms with Crippen molar-refractivity contribution in [3.05, 3.63) is 62.9 Å². The Morgan fingerprint density at radius 1 is 1.23 bits per heavy atom. The van der Waals surface area contributed by atoms with Crippen molar-refractivity contribution in [2.75, 3.05) is 11.1 Å². The van der Waals surface area contributed by atoms with E-state index in [2.05, 4.69) is 47.1 Å². The van der Waals surface area contributed by atoms with Crippen LogP contribution in [-0.4, -0.2) is 21.6 Å². The number of carbonyl (C=O) groups excluding carboxylic acids is 1. The zero-order valence-electron chi connectivity index (χ0n) is 13.6. The molecule has 1 heterocycles. The van der Waals surface area contributed by atoms with Crippen molar-refractivity contribution in [1.82, 2.24) is 9.97 Å². The first-order valence-electron chi connectivity index (χ1n) is 7.61. The molecule has 8 heteroatoms. The number of thioether (sulfide) groups is 1. The fraction of sp³-hybridized carbons (Fsp3) is 0.111. The summed E-state index contributed by atoms with van der Waals surface area (Å²) in [4.78, 5) is 19.6. The molecular weight excluding hydrogens is 485 g/mol. The van der Waals surface area contributed by atoms with E-state index in [1.807, 2.05) is 19.1 Å². The van der Waals surface area contributed by atoms with Gasteiger partial charge in [0.1, 0.15) is 5.82 Å². The third-order valence-corrected chi connectivity index (χ3v) is 5.64. The molecule has 3 rings (SSSR count). The molecule has 1 amide bonds. The maximum atomic E-state index is 13.0. The number of rotatable bonds is 5. The van der Waals surface area contributed by atoms with Crippen LogP contribution in [0.2, 0.25) is 0 Å². The lowest BCUT2D eigenvalue weighted by molar-refractivity contribution is -0.113. The van der Waals surface area contributed by atoms with Gasteiger partial charge in [-0.2, -0.15) is 0 Å². The van der Waals surface area contributed by atoms with E-state index in [9.17, 15) is 9.18 Å². The van der Waals surface area contributed by atoms with Gasteiger partial charge in [-0.25, -0.2) is 9.37 Å². The highest BCUT2D eigenvalue weighted by molar-refractivity contribution is 9.11. The molecule has 1 aromatic heterocycles. The molecule has 134 valence electrons. The van der Waals surface area contributed by atoms with E-state index < -0.39 is 0 Å². The Hall–Kier alpha value is -1.64. The molecule has 0 aliphatic rings. The molecule has 2 N–H and O–H groups in total. The molecule has 0 radical (unpaired) electrons. The van der Waals surface area contributed by atoms with Crippen molar-refractivity contribution in [3.8, 4) is 11.3 Å². The Morgan fingerprint density at radius 2 is 1.88 bits per heavy atom. The fourth-order valence-corrected chi connectivity index (χ4v) is 4.54. The summed E-state index contributed by atoms with van der Waals surface area (Å²) in [5.74, 6) is -0.212. The zero-order valence-corrected chi connectivity index (χ0v) is 17.6. The van der Waals surface area contributed by atoms with Gasteiger partial charge in [0.2, 0.25) is 5.91 Å². The van der Waals surface area contributed by atoms with Gasteiger partial charge in [-0.3, -0.25) is 4.79 Å². The number of imidazole rings is 1. The lowest BCUT2D eigenvalue weighted by Gasteiger charge is -2.10. The maximum absolute atomic E-state index is 13.0. The minimum absolute atomic E-state index is 0.139. The standard InChI is InChI=1S/C18H14Br2FN3OS/c1-10-6-13(19)17(14(20)7-10)24-16(25)9-26-18-22-8-15(23-18)11-2-4-12(21)5-3-11/h2-8H,9H2,1H3,(H,22,23)(H,24,25). The molecule has 26 heavy (non-hydrogen) atoms. The molecule has 0 bridgehead atoms. The molecule has 0 saturated carbocycles. The average Bonchev–Trinajstić information content (AvgIpc) is 3.06. The monoisotopic (exact) mass is 497 g/mol. The summed E-state index contributed by atoms with van der Waals surface area (Å²) in [6.45, 7) is 1.98. The number of benzene rings is 2. The van der Waals surface area contributed by atoms with E-state index in [0.29, 0.717) is 10.8 Å². The van der Waals surface area contributed by atoms with Crippen LogP contribution in [0.4, 0.5) is 10.1 Å². The van der Waals surface area contributed by atoms with Gasteiger partial charge in [0, 0.05) is 8.95 Å². The molecule has 0 aliphatic heterocycles. The van der Waals surface area contributed by atoms with Crippen LogP contribution in [0.3, 0.4) is 0 Å². The summed E-state index contributed by atoms with van der Waals surface area (Å²) in [6.07, 6.45) is 1.67. The van der Waals surface area contributed by atoms with Crippen molar-refractivity contribution in [2.45, 2.75) is 12.1 Å². The number of nitrogens with one attached hydrogen (secondary N) is 2. The molecule has 3 aromatic rings. The third-order valence-electron chi connectivity index (χ3n) is 3.50. The highest BCUT2D eigenvalue weighted by atomic mass is 79.9. The number of hydrogen-bond donors (Lipinski definition) is 2. The SMILES string of the molecule is Cc1cc(Br)c(NC(=O)CSc2ncc(-c3ccc(F)cc3)[nH]2)c(Br)c1. The molecule has 0 saturated heterocycles. The Kier molecular flexibility index (Phi) is 6.16. The second-order valence-corrected chi connectivity index (χ2v) is 8.22. The van der Waals surface area contributed by atoms with E-state index >= 15 is 0 Å². The van der Waals surface area contributed by atoms with Gasteiger partial charge in [-0.05, 0) is 86.3 Å². The van der Waals surface area contributed by atoms with Crippen LogP contribution < -0.4 is 5.32 Å². The first kappa shape index (κ1) is 19.1. The van der Waals surface area contributed by atoms with Crippen molar-refractivity contribution < 1.29 is 9.18 Å². The Bertz CT molecular complexity index is 921. The first-order chi connectivity index (χ1) is 12.4. The summed E-state index contributed by atoms with van der Waals surface area (Å²) in [7, 11) is 0. The second-order valence-electron chi connectivity index (χ2n) is 5.55. The zero-order chi connectivity index (χ0) is 18.7. The molecule has 4 nitrogen and oxygen atoms in total. The number of aryl methyl sites for hydroxylation is 1. The van der Waals surface area contributed by atoms with Gasteiger partial charge in [-0.15, -0.1) is 0 Å². The van der Waals surface area contributed by atoms with Gasteiger partial charge in [0.25, 0.3) is 0 Å². The highest BCUT2D eigenvalue weighted by Crippen LogP contribution is 2.32. The number of hydrogen-bond acceptors (Lipinski definition) is 3. The third kappa shape index (κ3) is 4.75. The minimum Gasteiger partial charge on any atom is -0.333 e. The lowest BCUT2D eigenvalue weighted by Crippen LogP contribution is -2.15. The van der Waals surface area contributed by atoms with E-state index in [4.69, 9.17) is 0 Å². The maximum Gasteiger partial charge on any atom is 0.234 e. The largest absolute Gasteiger partial charge is 0.333 e. The van der Waals surface area contributed by atoms with E-state index in [-0.39, 0.29) is 17.5 Å². The van der Waals surface area contributed by atoms with E-state index in [1.54, 1.807) is 18.3 Å². The number of anilines is 1. The number of carbonyl (C=O) groups is 1. The van der Waals surface area contributed by atoms with Crippen LogP contribution in [0.5, 0.6) is 0 Å². The van der Waals surface area contributed by atoms with Crippen LogP contribution in [-0.2, 0) is 4.79 Å². The van der Waals surface area contributed by atoms with Crippen molar-refractivity contribution >= 4 is 55.2 Å². The van der Waals surface area contributed by atoms with Gasteiger partial charge >= 0.3 is 0 Å². The van der Waals surface area contributed by atoms with Crippen LogP contribution in [0.15, 0.2) is 56.7 Å². The second kappa shape index (κ2) is 8.37. The molecule has 0 spiro atoms. The Balaban J connectivity index is 1.61. The molecule has 0 unspecified atom stereocenters. The minimum atomic E-state index is -0.284. The average molecular weight is 499 g/mol. The fourth-order valence-electron chi connectivity index (χ4n) is 2.28. The summed E-state index contributed by atoms with van der Waals surface area (Å²) in [5, 5.41) is 3.51. The molecular formula is C18H14Br2FN3OS. The van der Waals surface area contributed by atoms with Crippen LogP contribution in [0, 0.1) is 12.7 Å². The first-order valence-corrected chi connectivity index (χ1v) is 10.2. The number of H-pyrrole nitrogens is 1. The van der Waals surface area contributed by atoms with Gasteiger partial charge in [-0.1, -0.05) is 11.8 Å². The number of aromatic amines is 1. The number of amides is 1. The van der Waals surface area contributed by atoms with Crippen LogP contribution in [0.1, 0.15) is 5.56 Å². The molecule has 0 atom stereocenters. The van der Waals surface area contributed by atoms with Gasteiger partial charge in [0.05, 0.1) is 23.3 Å². The summed E-state index contributed by atoms with van der Waals surface area (Å²) >= 11 is 8.22. The number of aromatic nitrogens is 2. The molecule has 0 aliphatic carbocycles. The number of halogens is 3. The Labute approximate surface area is 171 Å². The summed E-state index contributed by atoms with van der Waals surface area (Å²) in [5.41, 5.74) is 3.40. The number of nitrogens with zero attached hydrogens (tertiary/aromatic N) is 1. The molecule has 2 aromatic carbocycles. The van der Waals surface area contributed by atoms with Gasteiger partial charge in [0.15, 0.2) is 5.16 Å². The summed E-state index contributed by atoms with van der Waals surface area (Å²) in [6, 6.07) is 10.0. The predicted molar refractivity (Wildman–Crippen MR) is 110 cm³/mol.